The summed E-state index contributed by atoms with van der Waals surface area (Å²) in [6.45, 7) is 0.777. The van der Waals surface area contributed by atoms with E-state index < -0.39 is 11.4 Å². The van der Waals surface area contributed by atoms with E-state index in [9.17, 15) is 14.7 Å². The lowest BCUT2D eigenvalue weighted by atomic mass is 9.79. The van der Waals surface area contributed by atoms with E-state index in [1.165, 1.54) is 0 Å². The highest BCUT2D eigenvalue weighted by atomic mass is 16.6. The molecule has 5 rings (SSSR count). The molecule has 0 radical (unpaired) electrons. The molecule has 4 atom stereocenters. The Labute approximate surface area is 198 Å². The summed E-state index contributed by atoms with van der Waals surface area (Å²) in [5, 5.41) is 15.7. The maximum absolute atomic E-state index is 12.8. The molecule has 3 heterocycles. The summed E-state index contributed by atoms with van der Waals surface area (Å²) in [6, 6.07) is 11.4. The van der Waals surface area contributed by atoms with Gasteiger partial charge in [0.25, 0.3) is 0 Å². The number of carbonyl (C=O) groups excluding carboxylic acids is 1. The maximum atomic E-state index is 12.8. The summed E-state index contributed by atoms with van der Waals surface area (Å²) in [5.74, 6) is -0.467. The van der Waals surface area contributed by atoms with Gasteiger partial charge in [-0.1, -0.05) is 43.2 Å². The predicted octanol–water partition coefficient (Wildman–Crippen LogP) is 2.63. The first kappa shape index (κ1) is 22.7. The second-order valence-corrected chi connectivity index (χ2v) is 9.61. The Morgan fingerprint density at radius 3 is 2.44 bits per heavy atom. The third-order valence-electron chi connectivity index (χ3n) is 7.17. The average molecular weight is 467 g/mol. The Morgan fingerprint density at radius 1 is 1.00 bits per heavy atom. The Balaban J connectivity index is 1.19. The predicted molar refractivity (Wildman–Crippen MR) is 124 cm³/mol. The third kappa shape index (κ3) is 4.90. The van der Waals surface area contributed by atoms with Crippen molar-refractivity contribution in [1.29, 1.82) is 0 Å². The van der Waals surface area contributed by atoms with Gasteiger partial charge in [0.05, 0.1) is 37.4 Å². The normalized spacial score (nSPS) is 27.3. The van der Waals surface area contributed by atoms with Gasteiger partial charge in [0.15, 0.2) is 0 Å². The molecule has 1 saturated carbocycles. The van der Waals surface area contributed by atoms with Gasteiger partial charge in [-0.2, -0.15) is 0 Å². The highest BCUT2D eigenvalue weighted by molar-refractivity contribution is 5.78. The zero-order chi connectivity index (χ0) is 23.5. The number of ether oxygens (including phenoxy) is 2. The smallest absolute Gasteiger partial charge is 0.303 e. The van der Waals surface area contributed by atoms with E-state index in [1.807, 2.05) is 36.4 Å². The van der Waals surface area contributed by atoms with Crippen LogP contribution in [0, 0.1) is 5.41 Å². The standard InChI is InChI=1S/C25H30N4O5/c30-20(12-25(13-21(31)32)9-4-5-10-25)27-18-14-33-23-19(15-34-22(18)23)29-24-26-11-8-17(28-24)16-6-2-1-3-7-16/h1-3,6-8,11,18-19,22-23H,4-5,9-10,12-15H2,(H,27,30)(H,31,32)(H,26,28,29). The van der Waals surface area contributed by atoms with Crippen LogP contribution in [-0.2, 0) is 19.1 Å². The minimum absolute atomic E-state index is 0.0399. The minimum Gasteiger partial charge on any atom is -0.481 e. The average Bonchev–Trinajstić information content (AvgIpc) is 3.53. The van der Waals surface area contributed by atoms with Crippen LogP contribution in [0.3, 0.4) is 0 Å². The molecular formula is C25H30N4O5. The van der Waals surface area contributed by atoms with Crippen LogP contribution in [0.15, 0.2) is 42.6 Å². The second kappa shape index (κ2) is 9.68. The summed E-state index contributed by atoms with van der Waals surface area (Å²) in [4.78, 5) is 33.1. The monoisotopic (exact) mass is 466 g/mol. The van der Waals surface area contributed by atoms with Gasteiger partial charge in [-0.15, -0.1) is 0 Å². The summed E-state index contributed by atoms with van der Waals surface area (Å²) in [5.41, 5.74) is 1.40. The Hall–Kier alpha value is -3.04. The van der Waals surface area contributed by atoms with Crippen molar-refractivity contribution in [2.75, 3.05) is 18.5 Å². The SMILES string of the molecule is O=C(O)CC1(CC(=O)NC2COC3C(Nc4nccc(-c5ccccc5)n4)COC23)CCCC1. The second-order valence-electron chi connectivity index (χ2n) is 9.61. The Morgan fingerprint density at radius 2 is 1.71 bits per heavy atom. The van der Waals surface area contributed by atoms with Gasteiger partial charge in [-0.25, -0.2) is 9.97 Å². The number of hydrogen-bond acceptors (Lipinski definition) is 7. The summed E-state index contributed by atoms with van der Waals surface area (Å²) < 4.78 is 12.0. The molecule has 0 spiro atoms. The number of aromatic nitrogens is 2. The number of benzene rings is 1. The summed E-state index contributed by atoms with van der Waals surface area (Å²) in [6.07, 6.45) is 5.01. The van der Waals surface area contributed by atoms with Crippen molar-refractivity contribution in [2.45, 2.75) is 62.8 Å². The number of carbonyl (C=O) groups is 2. The van der Waals surface area contributed by atoms with E-state index in [0.29, 0.717) is 19.2 Å². The molecule has 34 heavy (non-hydrogen) atoms. The molecule has 3 fully saturated rings. The van der Waals surface area contributed by atoms with Crippen LogP contribution in [0.4, 0.5) is 5.95 Å². The fourth-order valence-electron chi connectivity index (χ4n) is 5.57. The minimum atomic E-state index is -0.842. The van der Waals surface area contributed by atoms with Crippen LogP contribution in [0.2, 0.25) is 0 Å². The summed E-state index contributed by atoms with van der Waals surface area (Å²) >= 11 is 0. The van der Waals surface area contributed by atoms with E-state index in [-0.39, 0.29) is 43.0 Å². The number of anilines is 1. The van der Waals surface area contributed by atoms with Gasteiger partial charge < -0.3 is 25.2 Å². The van der Waals surface area contributed by atoms with Crippen molar-refractivity contribution in [3.63, 3.8) is 0 Å². The van der Waals surface area contributed by atoms with Crippen LogP contribution in [0.25, 0.3) is 11.3 Å². The van der Waals surface area contributed by atoms with E-state index in [4.69, 9.17) is 9.47 Å². The molecule has 0 bridgehead atoms. The molecule has 1 aromatic heterocycles. The van der Waals surface area contributed by atoms with Crippen molar-refractivity contribution in [1.82, 2.24) is 15.3 Å². The molecule has 180 valence electrons. The van der Waals surface area contributed by atoms with Crippen LogP contribution in [0.1, 0.15) is 38.5 Å². The van der Waals surface area contributed by atoms with Crippen LogP contribution in [0.5, 0.6) is 0 Å². The van der Waals surface area contributed by atoms with Crippen molar-refractivity contribution in [2.24, 2.45) is 5.41 Å². The van der Waals surface area contributed by atoms with Crippen molar-refractivity contribution in [3.8, 4) is 11.3 Å². The first-order chi connectivity index (χ1) is 16.5. The number of hydrogen-bond donors (Lipinski definition) is 3. The highest BCUT2D eigenvalue weighted by Gasteiger charge is 2.49. The van der Waals surface area contributed by atoms with Crippen LogP contribution < -0.4 is 10.6 Å². The Kier molecular flexibility index (Phi) is 6.47. The van der Waals surface area contributed by atoms with Gasteiger partial charge in [-0.3, -0.25) is 9.59 Å². The molecule has 2 aliphatic heterocycles. The van der Waals surface area contributed by atoms with Gasteiger partial charge in [-0.05, 0) is 24.3 Å². The van der Waals surface area contributed by atoms with E-state index >= 15 is 0 Å². The molecule has 4 unspecified atom stereocenters. The molecule has 3 aliphatic rings. The lowest BCUT2D eigenvalue weighted by molar-refractivity contribution is -0.140. The molecule has 9 heteroatoms. The maximum Gasteiger partial charge on any atom is 0.303 e. The van der Waals surface area contributed by atoms with Gasteiger partial charge in [0, 0.05) is 18.2 Å². The molecule has 1 aliphatic carbocycles. The number of nitrogens with zero attached hydrogens (tertiary/aromatic N) is 2. The van der Waals surface area contributed by atoms with E-state index in [1.54, 1.807) is 6.20 Å². The number of amides is 1. The molecule has 1 aromatic carbocycles. The number of carboxylic acids is 1. The molecular weight excluding hydrogens is 436 g/mol. The van der Waals surface area contributed by atoms with Gasteiger partial charge in [0.1, 0.15) is 12.2 Å². The van der Waals surface area contributed by atoms with Gasteiger partial charge in [0.2, 0.25) is 11.9 Å². The fraction of sp³-hybridized carbons (Fsp3) is 0.520. The molecule has 2 aromatic rings. The number of aliphatic carboxylic acids is 1. The lowest BCUT2D eigenvalue weighted by Crippen LogP contribution is -2.46. The first-order valence-electron chi connectivity index (χ1n) is 11.9. The largest absolute Gasteiger partial charge is 0.481 e. The van der Waals surface area contributed by atoms with Crippen LogP contribution >= 0.6 is 0 Å². The summed E-state index contributed by atoms with van der Waals surface area (Å²) in [7, 11) is 0. The lowest BCUT2D eigenvalue weighted by Gasteiger charge is -2.27. The third-order valence-corrected chi connectivity index (χ3v) is 7.17. The topological polar surface area (TPSA) is 123 Å². The molecule has 3 N–H and O–H groups in total. The van der Waals surface area contributed by atoms with Crippen molar-refractivity contribution < 1.29 is 24.2 Å². The van der Waals surface area contributed by atoms with Crippen molar-refractivity contribution in [3.05, 3.63) is 42.6 Å². The van der Waals surface area contributed by atoms with Crippen molar-refractivity contribution >= 4 is 17.8 Å². The first-order valence-corrected chi connectivity index (χ1v) is 11.9. The van der Waals surface area contributed by atoms with Crippen LogP contribution in [-0.4, -0.2) is 64.5 Å². The van der Waals surface area contributed by atoms with E-state index in [2.05, 4.69) is 20.6 Å². The number of nitrogens with one attached hydrogen (secondary N) is 2. The molecule has 2 saturated heterocycles. The van der Waals surface area contributed by atoms with Gasteiger partial charge >= 0.3 is 5.97 Å². The van der Waals surface area contributed by atoms with E-state index in [0.717, 1.165) is 36.9 Å². The fourth-order valence-corrected chi connectivity index (χ4v) is 5.57. The Bertz CT molecular complexity index is 1030. The zero-order valence-electron chi connectivity index (χ0n) is 19.0. The number of carboxylic acid groups (broad SMARTS) is 1. The number of rotatable bonds is 8. The molecule has 9 nitrogen and oxygen atoms in total. The highest BCUT2D eigenvalue weighted by Crippen LogP contribution is 2.44. The molecule has 1 amide bonds. The zero-order valence-corrected chi connectivity index (χ0v) is 19.0. The number of fused-ring (bicyclic) bond motifs is 1. The quantitative estimate of drug-likeness (QED) is 0.543.